The number of rotatable bonds is 2. The van der Waals surface area contributed by atoms with Crippen molar-refractivity contribution in [1.82, 2.24) is 0 Å². The summed E-state index contributed by atoms with van der Waals surface area (Å²) in [6.45, 7) is 3.90. The predicted octanol–water partition coefficient (Wildman–Crippen LogP) is 1.91. The molecule has 0 radical (unpaired) electrons. The fourth-order valence-corrected chi connectivity index (χ4v) is 1.88. The fraction of sp³-hybridized carbons (Fsp3) is 0.333. The maximum absolute atomic E-state index is 10.1. The largest absolute Gasteiger partial charge is 0.471 e. The van der Waals surface area contributed by atoms with E-state index in [4.69, 9.17) is 10.2 Å². The summed E-state index contributed by atoms with van der Waals surface area (Å²) in [6, 6.07) is 3.84. The summed E-state index contributed by atoms with van der Waals surface area (Å²) in [7, 11) is 0. The first-order valence-corrected chi connectivity index (χ1v) is 4.94. The Balaban J connectivity index is 2.67. The molecule has 0 saturated carbocycles. The topological polar surface area (TPSA) is 59.4 Å². The molecule has 0 fully saturated rings. The summed E-state index contributed by atoms with van der Waals surface area (Å²) in [5.74, 6) is 0. The van der Waals surface area contributed by atoms with Gasteiger partial charge in [0.1, 0.15) is 0 Å². The van der Waals surface area contributed by atoms with Crippen LogP contribution in [0.25, 0.3) is 10.8 Å². The van der Waals surface area contributed by atoms with Crippen LogP contribution in [0.4, 0.5) is 0 Å². The Labute approximate surface area is 88.5 Å². The van der Waals surface area contributed by atoms with Gasteiger partial charge in [-0.1, -0.05) is 12.1 Å². The normalized spacial score (nSPS) is 15.5. The molecule has 0 spiro atoms. The van der Waals surface area contributed by atoms with Gasteiger partial charge in [-0.2, -0.15) is 0 Å². The molecule has 0 aliphatic carbocycles. The molecule has 0 aliphatic heterocycles. The van der Waals surface area contributed by atoms with E-state index in [-0.39, 0.29) is 6.54 Å². The Morgan fingerprint density at radius 3 is 2.80 bits per heavy atom. The molecular weight excluding hydrogens is 190 g/mol. The minimum Gasteiger partial charge on any atom is -0.471 e. The Hall–Kier alpha value is -1.32. The molecule has 1 aromatic heterocycles. The highest BCUT2D eigenvalue weighted by Crippen LogP contribution is 2.29. The highest BCUT2D eigenvalue weighted by molar-refractivity contribution is 5.85. The van der Waals surface area contributed by atoms with Crippen LogP contribution in [0.15, 0.2) is 29.1 Å². The minimum absolute atomic E-state index is 0.206. The van der Waals surface area contributed by atoms with E-state index in [1.165, 1.54) is 0 Å². The van der Waals surface area contributed by atoms with Crippen LogP contribution >= 0.6 is 0 Å². The third-order valence-electron chi connectivity index (χ3n) is 2.91. The Morgan fingerprint density at radius 2 is 2.13 bits per heavy atom. The fourth-order valence-electron chi connectivity index (χ4n) is 1.88. The van der Waals surface area contributed by atoms with Crippen molar-refractivity contribution in [2.45, 2.75) is 19.4 Å². The molecule has 3 heteroatoms. The van der Waals surface area contributed by atoms with Gasteiger partial charge in [0.15, 0.2) is 0 Å². The number of aliphatic hydroxyl groups is 1. The number of hydrogen-bond donors (Lipinski definition) is 2. The number of hydrogen-bond acceptors (Lipinski definition) is 3. The average molecular weight is 205 g/mol. The van der Waals surface area contributed by atoms with Crippen molar-refractivity contribution < 1.29 is 9.52 Å². The summed E-state index contributed by atoms with van der Waals surface area (Å²) in [5, 5.41) is 12.2. The van der Waals surface area contributed by atoms with E-state index >= 15 is 0 Å². The smallest absolute Gasteiger partial charge is 0.0992 e. The van der Waals surface area contributed by atoms with Gasteiger partial charge < -0.3 is 15.3 Å². The zero-order chi connectivity index (χ0) is 11.1. The third kappa shape index (κ3) is 1.54. The SMILES string of the molecule is Cc1c(C(C)(O)CN)ccc2cocc12. The quantitative estimate of drug-likeness (QED) is 0.787. The van der Waals surface area contributed by atoms with E-state index in [9.17, 15) is 5.11 Å². The molecule has 3 nitrogen and oxygen atoms in total. The molecule has 1 unspecified atom stereocenters. The van der Waals surface area contributed by atoms with Crippen molar-refractivity contribution >= 4 is 10.8 Å². The number of aryl methyl sites for hydroxylation is 1. The lowest BCUT2D eigenvalue weighted by Crippen LogP contribution is -2.32. The minimum atomic E-state index is -0.977. The Bertz CT molecular complexity index is 485. The van der Waals surface area contributed by atoms with Crippen LogP contribution in [0.2, 0.25) is 0 Å². The first-order valence-electron chi connectivity index (χ1n) is 4.94. The zero-order valence-electron chi connectivity index (χ0n) is 8.95. The van der Waals surface area contributed by atoms with Gasteiger partial charge in [0.2, 0.25) is 0 Å². The van der Waals surface area contributed by atoms with Gasteiger partial charge >= 0.3 is 0 Å². The highest BCUT2D eigenvalue weighted by Gasteiger charge is 2.23. The van der Waals surface area contributed by atoms with Crippen LogP contribution in [-0.4, -0.2) is 11.7 Å². The summed E-state index contributed by atoms with van der Waals surface area (Å²) in [6.07, 6.45) is 3.39. The Morgan fingerprint density at radius 1 is 1.40 bits per heavy atom. The number of furan rings is 1. The van der Waals surface area contributed by atoms with Gasteiger partial charge in [-0.05, 0) is 25.0 Å². The van der Waals surface area contributed by atoms with Gasteiger partial charge in [-0.25, -0.2) is 0 Å². The first-order chi connectivity index (χ1) is 7.06. The molecule has 2 aromatic rings. The van der Waals surface area contributed by atoms with Gasteiger partial charge in [0.25, 0.3) is 0 Å². The van der Waals surface area contributed by atoms with Crippen LogP contribution < -0.4 is 5.73 Å². The summed E-state index contributed by atoms with van der Waals surface area (Å²) >= 11 is 0. The molecule has 1 heterocycles. The van der Waals surface area contributed by atoms with E-state index in [0.717, 1.165) is 21.9 Å². The number of benzene rings is 1. The second-order valence-corrected chi connectivity index (χ2v) is 4.09. The monoisotopic (exact) mass is 205 g/mol. The van der Waals surface area contributed by atoms with Crippen molar-refractivity contribution in [2.75, 3.05) is 6.54 Å². The molecule has 1 atom stereocenters. The standard InChI is InChI=1S/C12H15NO2/c1-8-10-6-15-5-9(10)3-4-11(8)12(2,14)7-13/h3-6,14H,7,13H2,1-2H3. The van der Waals surface area contributed by atoms with Crippen LogP contribution in [-0.2, 0) is 5.60 Å². The number of nitrogens with two attached hydrogens (primary N) is 1. The molecule has 15 heavy (non-hydrogen) atoms. The average Bonchev–Trinajstić information content (AvgIpc) is 2.66. The van der Waals surface area contributed by atoms with Gasteiger partial charge in [-0.3, -0.25) is 0 Å². The molecule has 80 valence electrons. The second-order valence-electron chi connectivity index (χ2n) is 4.09. The molecule has 2 rings (SSSR count). The summed E-state index contributed by atoms with van der Waals surface area (Å²) in [5.41, 5.74) is 6.46. The summed E-state index contributed by atoms with van der Waals surface area (Å²) in [4.78, 5) is 0. The van der Waals surface area contributed by atoms with Crippen LogP contribution in [0, 0.1) is 6.92 Å². The zero-order valence-corrected chi connectivity index (χ0v) is 8.95. The lowest BCUT2D eigenvalue weighted by Gasteiger charge is -2.23. The molecule has 0 amide bonds. The van der Waals surface area contributed by atoms with Crippen molar-refractivity contribution in [3.05, 3.63) is 35.8 Å². The molecule has 0 saturated heterocycles. The lowest BCUT2D eigenvalue weighted by atomic mass is 9.90. The van der Waals surface area contributed by atoms with Crippen LogP contribution in [0.5, 0.6) is 0 Å². The molecule has 1 aromatic carbocycles. The second kappa shape index (κ2) is 3.36. The van der Waals surface area contributed by atoms with Crippen LogP contribution in [0.1, 0.15) is 18.1 Å². The van der Waals surface area contributed by atoms with E-state index in [1.54, 1.807) is 19.5 Å². The molecule has 0 aliphatic rings. The number of fused-ring (bicyclic) bond motifs is 1. The van der Waals surface area contributed by atoms with Gasteiger partial charge in [-0.15, -0.1) is 0 Å². The van der Waals surface area contributed by atoms with Crippen molar-refractivity contribution in [3.8, 4) is 0 Å². The Kier molecular flexibility index (Phi) is 2.29. The van der Waals surface area contributed by atoms with Crippen molar-refractivity contribution in [1.29, 1.82) is 0 Å². The highest BCUT2D eigenvalue weighted by atomic mass is 16.3. The molecule has 3 N–H and O–H groups in total. The molecular formula is C12H15NO2. The van der Waals surface area contributed by atoms with E-state index < -0.39 is 5.60 Å². The lowest BCUT2D eigenvalue weighted by molar-refractivity contribution is 0.0663. The van der Waals surface area contributed by atoms with Crippen LogP contribution in [0.3, 0.4) is 0 Å². The maximum atomic E-state index is 10.1. The first kappa shape index (κ1) is 10.2. The third-order valence-corrected chi connectivity index (χ3v) is 2.91. The summed E-state index contributed by atoms with van der Waals surface area (Å²) < 4.78 is 5.13. The predicted molar refractivity (Wildman–Crippen MR) is 59.6 cm³/mol. The van der Waals surface area contributed by atoms with Crippen molar-refractivity contribution in [3.63, 3.8) is 0 Å². The maximum Gasteiger partial charge on any atom is 0.0992 e. The van der Waals surface area contributed by atoms with Crippen molar-refractivity contribution in [2.24, 2.45) is 5.73 Å². The van der Waals surface area contributed by atoms with Gasteiger partial charge in [0.05, 0.1) is 18.1 Å². The van der Waals surface area contributed by atoms with Gasteiger partial charge in [0, 0.05) is 17.3 Å². The van der Waals surface area contributed by atoms with E-state index in [1.807, 2.05) is 19.1 Å². The molecule has 0 bridgehead atoms. The van der Waals surface area contributed by atoms with E-state index in [0.29, 0.717) is 0 Å². The van der Waals surface area contributed by atoms with E-state index in [2.05, 4.69) is 0 Å².